The van der Waals surface area contributed by atoms with Crippen LogP contribution in [0.4, 0.5) is 13.6 Å². The first kappa shape index (κ1) is 16.3. The van der Waals surface area contributed by atoms with E-state index in [1.165, 1.54) is 0 Å². The molecule has 1 heterocycles. The maximum absolute atomic E-state index is 13.1. The summed E-state index contributed by atoms with van der Waals surface area (Å²) in [6.45, 7) is 0.470. The molecular formula is C16H19ClF2N2O2. The van der Waals surface area contributed by atoms with Crippen LogP contribution in [0.5, 0.6) is 5.75 Å². The summed E-state index contributed by atoms with van der Waals surface area (Å²) in [7, 11) is 0. The van der Waals surface area contributed by atoms with Gasteiger partial charge in [-0.25, -0.2) is 13.6 Å². The number of carbonyl (C=O) groups excluding carboxylic acids is 1. The quantitative estimate of drug-likeness (QED) is 0.850. The minimum absolute atomic E-state index is 0.173. The number of benzene rings is 1. The van der Waals surface area contributed by atoms with Crippen molar-refractivity contribution in [3.63, 3.8) is 0 Å². The highest BCUT2D eigenvalue weighted by molar-refractivity contribution is 6.32. The molecule has 1 saturated carbocycles. The lowest BCUT2D eigenvalue weighted by Crippen LogP contribution is -2.46. The van der Waals surface area contributed by atoms with Gasteiger partial charge in [0.15, 0.2) is 0 Å². The molecule has 1 atom stereocenters. The summed E-state index contributed by atoms with van der Waals surface area (Å²) in [6, 6.07) is 4.69. The van der Waals surface area contributed by atoms with Gasteiger partial charge in [-0.1, -0.05) is 23.7 Å². The lowest BCUT2D eigenvalue weighted by atomic mass is 9.92. The Balaban J connectivity index is 1.58. The van der Waals surface area contributed by atoms with Gasteiger partial charge in [0.1, 0.15) is 5.75 Å². The number of alkyl halides is 2. The first-order valence-electron chi connectivity index (χ1n) is 7.81. The van der Waals surface area contributed by atoms with Gasteiger partial charge in [0.2, 0.25) is 5.92 Å². The molecule has 23 heavy (non-hydrogen) atoms. The molecule has 0 radical (unpaired) electrons. The Hall–Kier alpha value is -1.56. The van der Waals surface area contributed by atoms with E-state index < -0.39 is 5.92 Å². The number of nitrogens with one attached hydrogen (secondary N) is 2. The summed E-state index contributed by atoms with van der Waals surface area (Å²) in [5, 5.41) is 6.20. The lowest BCUT2D eigenvalue weighted by Gasteiger charge is -2.31. The molecule has 1 aromatic carbocycles. The normalized spacial score (nSPS) is 23.5. The van der Waals surface area contributed by atoms with E-state index in [2.05, 4.69) is 10.6 Å². The van der Waals surface area contributed by atoms with Crippen LogP contribution in [0.25, 0.3) is 0 Å². The molecule has 0 saturated heterocycles. The lowest BCUT2D eigenvalue weighted by molar-refractivity contribution is -0.0395. The zero-order valence-corrected chi connectivity index (χ0v) is 13.3. The van der Waals surface area contributed by atoms with Crippen molar-refractivity contribution in [1.82, 2.24) is 10.6 Å². The van der Waals surface area contributed by atoms with Crippen LogP contribution in [0.2, 0.25) is 5.02 Å². The summed E-state index contributed by atoms with van der Waals surface area (Å²) in [5.74, 6) is -1.99. The molecular weight excluding hydrogens is 326 g/mol. The third kappa shape index (κ3) is 3.86. The van der Waals surface area contributed by atoms with E-state index in [1.807, 2.05) is 12.1 Å². The van der Waals surface area contributed by atoms with E-state index in [4.69, 9.17) is 16.3 Å². The van der Waals surface area contributed by atoms with Crippen LogP contribution < -0.4 is 15.4 Å². The third-order valence-electron chi connectivity index (χ3n) is 4.38. The van der Waals surface area contributed by atoms with Crippen LogP contribution in [0.1, 0.15) is 43.7 Å². The number of rotatable bonds is 2. The van der Waals surface area contributed by atoms with Crippen molar-refractivity contribution in [2.45, 2.75) is 50.1 Å². The van der Waals surface area contributed by atoms with Crippen molar-refractivity contribution >= 4 is 17.6 Å². The molecule has 0 aromatic heterocycles. The highest BCUT2D eigenvalue weighted by Gasteiger charge is 2.35. The summed E-state index contributed by atoms with van der Waals surface area (Å²) in [4.78, 5) is 12.2. The highest BCUT2D eigenvalue weighted by atomic mass is 35.5. The largest absolute Gasteiger partial charge is 0.492 e. The van der Waals surface area contributed by atoms with Gasteiger partial charge in [0, 0.05) is 30.9 Å². The Morgan fingerprint density at radius 3 is 2.70 bits per heavy atom. The van der Waals surface area contributed by atoms with E-state index in [-0.39, 0.29) is 31.0 Å². The molecule has 0 bridgehead atoms. The second kappa shape index (κ2) is 6.51. The van der Waals surface area contributed by atoms with Crippen molar-refractivity contribution < 1.29 is 18.3 Å². The Morgan fingerprint density at radius 2 is 1.96 bits per heavy atom. The van der Waals surface area contributed by atoms with Crippen molar-refractivity contribution in [3.8, 4) is 5.75 Å². The number of para-hydroxylation sites is 1. The topological polar surface area (TPSA) is 50.4 Å². The maximum atomic E-state index is 13.1. The average Bonchev–Trinajstić information content (AvgIpc) is 2.50. The second-order valence-corrected chi connectivity index (χ2v) is 6.50. The third-order valence-corrected chi connectivity index (χ3v) is 4.68. The summed E-state index contributed by atoms with van der Waals surface area (Å²) in [6.07, 6.45) is 0.901. The van der Waals surface area contributed by atoms with Gasteiger partial charge in [0.05, 0.1) is 17.7 Å². The van der Waals surface area contributed by atoms with E-state index in [1.54, 1.807) is 6.07 Å². The average molecular weight is 345 g/mol. The molecule has 2 aliphatic rings. The minimum atomic E-state index is -2.59. The van der Waals surface area contributed by atoms with Gasteiger partial charge < -0.3 is 15.4 Å². The zero-order valence-electron chi connectivity index (χ0n) is 12.6. The molecule has 1 unspecified atom stereocenters. The first-order chi connectivity index (χ1) is 10.9. The Bertz CT molecular complexity index is 587. The Morgan fingerprint density at radius 1 is 1.22 bits per heavy atom. The Kier molecular flexibility index (Phi) is 4.62. The summed E-state index contributed by atoms with van der Waals surface area (Å²) >= 11 is 6.10. The van der Waals surface area contributed by atoms with Crippen molar-refractivity contribution in [1.29, 1.82) is 0 Å². The molecule has 1 aromatic rings. The molecule has 4 nitrogen and oxygen atoms in total. The van der Waals surface area contributed by atoms with Crippen LogP contribution >= 0.6 is 11.6 Å². The molecule has 0 spiro atoms. The molecule has 1 aliphatic carbocycles. The van der Waals surface area contributed by atoms with Gasteiger partial charge in [-0.05, 0) is 18.9 Å². The first-order valence-corrected chi connectivity index (χ1v) is 8.18. The van der Waals surface area contributed by atoms with Gasteiger partial charge in [-0.2, -0.15) is 0 Å². The molecule has 7 heteroatoms. The maximum Gasteiger partial charge on any atom is 0.315 e. The fourth-order valence-electron chi connectivity index (χ4n) is 3.11. The number of hydrogen-bond acceptors (Lipinski definition) is 2. The molecule has 2 amide bonds. The van der Waals surface area contributed by atoms with Gasteiger partial charge >= 0.3 is 6.03 Å². The monoisotopic (exact) mass is 344 g/mol. The molecule has 3 rings (SSSR count). The van der Waals surface area contributed by atoms with Crippen LogP contribution in [0, 0.1) is 0 Å². The number of hydrogen-bond donors (Lipinski definition) is 2. The number of fused-ring (bicyclic) bond motifs is 1. The number of urea groups is 1. The number of carbonyl (C=O) groups is 1. The molecule has 2 N–H and O–H groups in total. The number of amides is 2. The number of halogens is 3. The van der Waals surface area contributed by atoms with Gasteiger partial charge in [0.25, 0.3) is 0 Å². The fourth-order valence-corrected chi connectivity index (χ4v) is 3.34. The van der Waals surface area contributed by atoms with Crippen LogP contribution in [0.15, 0.2) is 18.2 Å². The van der Waals surface area contributed by atoms with Crippen molar-refractivity contribution in [2.75, 3.05) is 6.61 Å². The van der Waals surface area contributed by atoms with E-state index >= 15 is 0 Å². The second-order valence-electron chi connectivity index (χ2n) is 6.10. The van der Waals surface area contributed by atoms with E-state index in [9.17, 15) is 13.6 Å². The van der Waals surface area contributed by atoms with Gasteiger partial charge in [-0.3, -0.25) is 0 Å². The van der Waals surface area contributed by atoms with Gasteiger partial charge in [-0.15, -0.1) is 0 Å². The highest BCUT2D eigenvalue weighted by Crippen LogP contribution is 2.37. The predicted octanol–water partition coefficient (Wildman–Crippen LogP) is 4.04. The van der Waals surface area contributed by atoms with Crippen LogP contribution in [0.3, 0.4) is 0 Å². The number of ether oxygens (including phenoxy) is 1. The SMILES string of the molecule is O=C(NC1CCC(F)(F)CC1)NC1CCOc2c(Cl)cccc21. The zero-order chi connectivity index (χ0) is 16.4. The molecule has 1 fully saturated rings. The standard InChI is InChI=1S/C16H19ClF2N2O2/c17-12-3-1-2-11-13(6-9-23-14(11)12)21-15(22)20-10-4-7-16(18,19)8-5-10/h1-3,10,13H,4-9H2,(H2,20,21,22). The van der Waals surface area contributed by atoms with E-state index in [0.29, 0.717) is 36.6 Å². The van der Waals surface area contributed by atoms with Crippen molar-refractivity contribution in [2.24, 2.45) is 0 Å². The summed E-state index contributed by atoms with van der Waals surface area (Å²) < 4.78 is 31.8. The van der Waals surface area contributed by atoms with Crippen molar-refractivity contribution in [3.05, 3.63) is 28.8 Å². The molecule has 1 aliphatic heterocycles. The smallest absolute Gasteiger partial charge is 0.315 e. The minimum Gasteiger partial charge on any atom is -0.492 e. The summed E-state index contributed by atoms with van der Waals surface area (Å²) in [5.41, 5.74) is 0.842. The van der Waals surface area contributed by atoms with Crippen LogP contribution in [-0.4, -0.2) is 24.6 Å². The Labute approximate surface area is 138 Å². The fraction of sp³-hybridized carbons (Fsp3) is 0.562. The van der Waals surface area contributed by atoms with E-state index in [0.717, 1.165) is 5.56 Å². The predicted molar refractivity (Wildman–Crippen MR) is 83.2 cm³/mol. The van der Waals surface area contributed by atoms with Crippen LogP contribution in [-0.2, 0) is 0 Å². The molecule has 126 valence electrons.